The summed E-state index contributed by atoms with van der Waals surface area (Å²) in [7, 11) is 5.86. The van der Waals surface area contributed by atoms with Gasteiger partial charge in [0.2, 0.25) is 5.75 Å². The van der Waals surface area contributed by atoms with Gasteiger partial charge in [0.25, 0.3) is 5.91 Å². The van der Waals surface area contributed by atoms with Crippen LogP contribution in [-0.2, 0) is 0 Å². The van der Waals surface area contributed by atoms with Crippen LogP contribution in [0, 0.1) is 0 Å². The van der Waals surface area contributed by atoms with Crippen molar-refractivity contribution in [2.24, 2.45) is 5.10 Å². The normalized spacial score (nSPS) is 11.1. The summed E-state index contributed by atoms with van der Waals surface area (Å²) in [5, 5.41) is 7.22. The molecule has 0 aliphatic heterocycles. The molecule has 5 aromatic carbocycles. The molecule has 1 amide bonds. The number of hydrogen-bond donors (Lipinski definition) is 2. The largest absolute Gasteiger partial charge is 0.493 e. The Bertz CT molecular complexity index is 2110. The predicted octanol–water partition coefficient (Wildman–Crippen LogP) is 7.01. The van der Waals surface area contributed by atoms with Crippen molar-refractivity contribution < 1.29 is 33.3 Å². The molecule has 0 bridgehead atoms. The first kappa shape index (κ1) is 30.7. The zero-order valence-electron chi connectivity index (χ0n) is 26.1. The number of hydrazone groups is 1. The fraction of sp³-hybridized carbons (Fsp3) is 0.108. The average Bonchev–Trinajstić information content (AvgIpc) is 3.52. The lowest BCUT2D eigenvalue weighted by Gasteiger charge is -2.14. The Labute approximate surface area is 270 Å². The maximum absolute atomic E-state index is 13.5. The predicted molar refractivity (Wildman–Crippen MR) is 180 cm³/mol. The first-order chi connectivity index (χ1) is 22.9. The van der Waals surface area contributed by atoms with Crippen LogP contribution >= 0.6 is 0 Å². The lowest BCUT2D eigenvalue weighted by molar-refractivity contribution is 0.0728. The van der Waals surface area contributed by atoms with Gasteiger partial charge in [-0.1, -0.05) is 66.7 Å². The van der Waals surface area contributed by atoms with Gasteiger partial charge in [-0.3, -0.25) is 4.79 Å². The van der Waals surface area contributed by atoms with Crippen LogP contribution in [0.15, 0.2) is 102 Å². The molecule has 0 aliphatic carbocycles. The van der Waals surface area contributed by atoms with E-state index in [4.69, 9.17) is 23.7 Å². The molecule has 0 saturated carbocycles. The van der Waals surface area contributed by atoms with Gasteiger partial charge in [-0.2, -0.15) is 5.10 Å². The number of nitrogens with one attached hydrogen (secondary N) is 2. The molecule has 0 atom stereocenters. The molecule has 0 aliphatic rings. The molecular formula is C37H31N3O7. The Morgan fingerprint density at radius 1 is 0.702 bits per heavy atom. The summed E-state index contributed by atoms with van der Waals surface area (Å²) in [5.74, 6) is 0.404. The topological polar surface area (TPSA) is 120 Å². The van der Waals surface area contributed by atoms with E-state index in [9.17, 15) is 9.59 Å². The standard InChI is InChI=1S/C37H31N3O7/c1-43-29-18-22(14-17-28(29)47-37(42)25-19-30(44-2)35(46-4)31(20-25)45-3)21-38-40-36(41)34-32(24-11-6-5-7-12-24)27-16-15-23-10-8-9-13-26(23)33(27)39-34/h5-21,39H,1-4H3,(H,40,41). The van der Waals surface area contributed by atoms with Crippen molar-refractivity contribution >= 4 is 39.8 Å². The van der Waals surface area contributed by atoms with E-state index in [0.29, 0.717) is 28.5 Å². The molecular weight excluding hydrogens is 598 g/mol. The van der Waals surface area contributed by atoms with Crippen LogP contribution < -0.4 is 29.1 Å². The molecule has 47 heavy (non-hydrogen) atoms. The molecule has 2 N–H and O–H groups in total. The zero-order valence-corrected chi connectivity index (χ0v) is 26.1. The van der Waals surface area contributed by atoms with Gasteiger partial charge in [0, 0.05) is 16.3 Å². The second kappa shape index (κ2) is 13.4. The van der Waals surface area contributed by atoms with Crippen LogP contribution in [-0.4, -0.2) is 51.5 Å². The molecule has 10 heteroatoms. The number of fused-ring (bicyclic) bond motifs is 3. The van der Waals surface area contributed by atoms with E-state index < -0.39 is 11.9 Å². The molecule has 0 spiro atoms. The number of hydrogen-bond acceptors (Lipinski definition) is 8. The van der Waals surface area contributed by atoms with E-state index in [2.05, 4.69) is 21.6 Å². The minimum atomic E-state index is -0.656. The second-order valence-corrected chi connectivity index (χ2v) is 10.4. The Kier molecular flexibility index (Phi) is 8.74. The highest BCUT2D eigenvalue weighted by Gasteiger charge is 2.21. The van der Waals surface area contributed by atoms with Crippen LogP contribution in [0.4, 0.5) is 0 Å². The highest BCUT2D eigenvalue weighted by molar-refractivity contribution is 6.16. The summed E-state index contributed by atoms with van der Waals surface area (Å²) < 4.78 is 27.1. The molecule has 0 radical (unpaired) electrons. The Morgan fingerprint density at radius 2 is 1.40 bits per heavy atom. The monoisotopic (exact) mass is 629 g/mol. The fourth-order valence-corrected chi connectivity index (χ4v) is 5.44. The van der Waals surface area contributed by atoms with Crippen molar-refractivity contribution in [2.45, 2.75) is 0 Å². The third-order valence-electron chi connectivity index (χ3n) is 7.66. The first-order valence-electron chi connectivity index (χ1n) is 14.6. The summed E-state index contributed by atoms with van der Waals surface area (Å²) in [4.78, 5) is 29.9. The second-order valence-electron chi connectivity index (χ2n) is 10.4. The number of H-pyrrole nitrogens is 1. The van der Waals surface area contributed by atoms with Gasteiger partial charge in [-0.25, -0.2) is 10.2 Å². The van der Waals surface area contributed by atoms with E-state index in [1.807, 2.05) is 60.7 Å². The number of nitrogens with zero attached hydrogens (tertiary/aromatic N) is 1. The highest BCUT2D eigenvalue weighted by Crippen LogP contribution is 2.39. The SMILES string of the molecule is COc1cc(C=NNC(=O)c2[nH]c3c(ccc4ccccc43)c2-c2ccccc2)ccc1OC(=O)c1cc(OC)c(OC)c(OC)c1. The number of benzene rings is 5. The maximum Gasteiger partial charge on any atom is 0.343 e. The molecule has 6 aromatic rings. The summed E-state index contributed by atoms with van der Waals surface area (Å²) in [5.41, 5.74) is 6.40. The van der Waals surface area contributed by atoms with Crippen LogP contribution in [0.3, 0.4) is 0 Å². The number of carbonyl (C=O) groups excluding carboxylic acids is 2. The molecule has 1 heterocycles. The summed E-state index contributed by atoms with van der Waals surface area (Å²) in [6.07, 6.45) is 1.48. The van der Waals surface area contributed by atoms with Gasteiger partial charge in [-0.05, 0) is 46.8 Å². The first-order valence-corrected chi connectivity index (χ1v) is 14.6. The molecule has 1 aromatic heterocycles. The van der Waals surface area contributed by atoms with E-state index in [0.717, 1.165) is 32.8 Å². The Hall–Kier alpha value is -6.29. The number of methoxy groups -OCH3 is 4. The molecule has 0 unspecified atom stereocenters. The molecule has 0 fully saturated rings. The van der Waals surface area contributed by atoms with E-state index in [1.165, 1.54) is 46.8 Å². The van der Waals surface area contributed by atoms with Crippen molar-refractivity contribution in [1.29, 1.82) is 0 Å². The number of aromatic amines is 1. The van der Waals surface area contributed by atoms with Crippen LogP contribution in [0.5, 0.6) is 28.7 Å². The minimum absolute atomic E-state index is 0.185. The maximum atomic E-state index is 13.5. The van der Waals surface area contributed by atoms with Gasteiger partial charge >= 0.3 is 5.97 Å². The minimum Gasteiger partial charge on any atom is -0.493 e. The summed E-state index contributed by atoms with van der Waals surface area (Å²) in [6, 6.07) is 29.8. The van der Waals surface area contributed by atoms with E-state index >= 15 is 0 Å². The van der Waals surface area contributed by atoms with Crippen molar-refractivity contribution in [3.63, 3.8) is 0 Å². The van der Waals surface area contributed by atoms with Crippen molar-refractivity contribution in [2.75, 3.05) is 28.4 Å². The number of rotatable bonds is 10. The van der Waals surface area contributed by atoms with Gasteiger partial charge in [-0.15, -0.1) is 0 Å². The molecule has 10 nitrogen and oxygen atoms in total. The van der Waals surface area contributed by atoms with Gasteiger partial charge in [0.1, 0.15) is 5.69 Å². The van der Waals surface area contributed by atoms with Crippen molar-refractivity contribution in [3.8, 4) is 39.9 Å². The number of esters is 1. The number of carbonyl (C=O) groups is 2. The van der Waals surface area contributed by atoms with Crippen molar-refractivity contribution in [3.05, 3.63) is 114 Å². The fourth-order valence-electron chi connectivity index (χ4n) is 5.44. The van der Waals surface area contributed by atoms with Gasteiger partial charge in [0.15, 0.2) is 23.0 Å². The van der Waals surface area contributed by atoms with Gasteiger partial charge < -0.3 is 28.7 Å². The smallest absolute Gasteiger partial charge is 0.343 e. The summed E-state index contributed by atoms with van der Waals surface area (Å²) in [6.45, 7) is 0. The quantitative estimate of drug-likeness (QED) is 0.0724. The van der Waals surface area contributed by atoms with Crippen LogP contribution in [0.25, 0.3) is 32.8 Å². The third kappa shape index (κ3) is 6.04. The third-order valence-corrected chi connectivity index (χ3v) is 7.66. The molecule has 6 rings (SSSR count). The van der Waals surface area contributed by atoms with Crippen LogP contribution in [0.2, 0.25) is 0 Å². The zero-order chi connectivity index (χ0) is 32.9. The lowest BCUT2D eigenvalue weighted by atomic mass is 9.99. The van der Waals surface area contributed by atoms with Crippen molar-refractivity contribution in [1.82, 2.24) is 10.4 Å². The van der Waals surface area contributed by atoms with E-state index in [1.54, 1.807) is 18.2 Å². The van der Waals surface area contributed by atoms with Crippen LogP contribution in [0.1, 0.15) is 26.4 Å². The average molecular weight is 630 g/mol. The highest BCUT2D eigenvalue weighted by atomic mass is 16.6. The lowest BCUT2D eigenvalue weighted by Crippen LogP contribution is -2.18. The molecule has 0 saturated heterocycles. The Morgan fingerprint density at radius 3 is 2.11 bits per heavy atom. The Balaban J connectivity index is 1.23. The van der Waals surface area contributed by atoms with E-state index in [-0.39, 0.29) is 17.1 Å². The molecule has 236 valence electrons. The number of ether oxygens (including phenoxy) is 5. The van der Waals surface area contributed by atoms with Gasteiger partial charge in [0.05, 0.1) is 45.7 Å². The summed E-state index contributed by atoms with van der Waals surface area (Å²) >= 11 is 0. The number of amides is 1. The number of aromatic nitrogens is 1.